The fourth-order valence-electron chi connectivity index (χ4n) is 1.05. The molecule has 0 heterocycles. The summed E-state index contributed by atoms with van der Waals surface area (Å²) in [5.74, 6) is -0.913. The van der Waals surface area contributed by atoms with E-state index in [0.717, 1.165) is 10.0 Å². The highest BCUT2D eigenvalue weighted by Crippen LogP contribution is 2.26. The van der Waals surface area contributed by atoms with Crippen LogP contribution in [0.3, 0.4) is 0 Å². The molecule has 1 aromatic rings. The fraction of sp³-hybridized carbons (Fsp3) is 0.222. The van der Waals surface area contributed by atoms with Crippen LogP contribution in [-0.4, -0.2) is 11.1 Å². The molecule has 0 spiro atoms. The van der Waals surface area contributed by atoms with Gasteiger partial charge < -0.3 is 10.8 Å². The maximum Gasteiger partial charge on any atom is 0.305 e. The normalized spacial score (nSPS) is 12.5. The first-order chi connectivity index (χ1) is 6.50. The Balaban J connectivity index is 2.85. The summed E-state index contributed by atoms with van der Waals surface area (Å²) < 4.78 is 0.720. The molecule has 3 nitrogen and oxygen atoms in total. The Hall–Kier alpha value is -0.580. The van der Waals surface area contributed by atoms with Gasteiger partial charge in [0.05, 0.1) is 11.4 Å². The van der Waals surface area contributed by atoms with Crippen LogP contribution in [0.1, 0.15) is 18.0 Å². The van der Waals surface area contributed by atoms with E-state index in [1.807, 2.05) is 0 Å². The number of rotatable bonds is 3. The van der Waals surface area contributed by atoms with E-state index in [2.05, 4.69) is 15.9 Å². The van der Waals surface area contributed by atoms with Gasteiger partial charge in [-0.1, -0.05) is 17.7 Å². The van der Waals surface area contributed by atoms with Crippen molar-refractivity contribution >= 4 is 33.5 Å². The third-order valence-electron chi connectivity index (χ3n) is 1.77. The topological polar surface area (TPSA) is 63.3 Å². The lowest BCUT2D eigenvalue weighted by atomic mass is 10.1. The Labute approximate surface area is 95.0 Å². The summed E-state index contributed by atoms with van der Waals surface area (Å²) in [6.45, 7) is 0. The predicted octanol–water partition coefficient (Wildman–Crippen LogP) is 2.58. The fourth-order valence-corrected chi connectivity index (χ4v) is 1.56. The maximum absolute atomic E-state index is 10.4. The minimum absolute atomic E-state index is 0.0892. The van der Waals surface area contributed by atoms with Crippen molar-refractivity contribution in [3.8, 4) is 0 Å². The van der Waals surface area contributed by atoms with E-state index in [1.165, 1.54) is 0 Å². The van der Waals surface area contributed by atoms with Gasteiger partial charge in [0.2, 0.25) is 0 Å². The summed E-state index contributed by atoms with van der Waals surface area (Å²) in [7, 11) is 0. The van der Waals surface area contributed by atoms with E-state index in [-0.39, 0.29) is 6.42 Å². The van der Waals surface area contributed by atoms with Gasteiger partial charge in [-0.15, -0.1) is 0 Å². The summed E-state index contributed by atoms with van der Waals surface area (Å²) >= 11 is 9.03. The lowest BCUT2D eigenvalue weighted by molar-refractivity contribution is -0.137. The highest BCUT2D eigenvalue weighted by atomic mass is 79.9. The predicted molar refractivity (Wildman–Crippen MR) is 58.3 cm³/mol. The maximum atomic E-state index is 10.4. The number of aliphatic carboxylic acids is 1. The number of benzene rings is 1. The first-order valence-electron chi connectivity index (χ1n) is 3.93. The molecule has 1 atom stereocenters. The van der Waals surface area contributed by atoms with Crippen molar-refractivity contribution in [3.63, 3.8) is 0 Å². The molecule has 76 valence electrons. The largest absolute Gasteiger partial charge is 0.481 e. The first kappa shape index (κ1) is 11.5. The number of hydrogen-bond donors (Lipinski definition) is 2. The molecule has 0 fully saturated rings. The van der Waals surface area contributed by atoms with Crippen molar-refractivity contribution in [1.29, 1.82) is 0 Å². The lowest BCUT2D eigenvalue weighted by Crippen LogP contribution is -2.14. The third-order valence-corrected chi connectivity index (χ3v) is 2.98. The average molecular weight is 279 g/mol. The van der Waals surface area contributed by atoms with Gasteiger partial charge in [-0.25, -0.2) is 0 Å². The molecule has 0 aliphatic heterocycles. The molecule has 0 aliphatic rings. The van der Waals surface area contributed by atoms with Crippen molar-refractivity contribution in [1.82, 2.24) is 0 Å². The van der Waals surface area contributed by atoms with E-state index in [0.29, 0.717) is 5.02 Å². The smallest absolute Gasteiger partial charge is 0.305 e. The molecule has 1 rings (SSSR count). The van der Waals surface area contributed by atoms with Crippen LogP contribution in [0, 0.1) is 0 Å². The van der Waals surface area contributed by atoms with Gasteiger partial charge in [0, 0.05) is 10.5 Å². The van der Waals surface area contributed by atoms with E-state index in [4.69, 9.17) is 22.4 Å². The molecule has 0 saturated carbocycles. The second kappa shape index (κ2) is 4.77. The Morgan fingerprint density at radius 3 is 2.79 bits per heavy atom. The number of halogens is 2. The van der Waals surface area contributed by atoms with E-state index in [1.54, 1.807) is 18.2 Å². The molecule has 0 amide bonds. The molecular weight excluding hydrogens is 269 g/mol. The van der Waals surface area contributed by atoms with Gasteiger partial charge in [-0.3, -0.25) is 4.79 Å². The molecule has 0 saturated heterocycles. The van der Waals surface area contributed by atoms with Gasteiger partial charge in [-0.05, 0) is 33.6 Å². The van der Waals surface area contributed by atoms with Crippen LogP contribution in [0.2, 0.25) is 5.02 Å². The molecule has 0 aliphatic carbocycles. The third kappa shape index (κ3) is 2.97. The van der Waals surface area contributed by atoms with Crippen LogP contribution in [0.5, 0.6) is 0 Å². The monoisotopic (exact) mass is 277 g/mol. The van der Waals surface area contributed by atoms with Crippen molar-refractivity contribution < 1.29 is 9.90 Å². The molecule has 0 unspecified atom stereocenters. The molecular formula is C9H9BrClNO2. The highest BCUT2D eigenvalue weighted by molar-refractivity contribution is 9.10. The SMILES string of the molecule is N[C@@H](CC(=O)O)c1ccc(Cl)c(Br)c1. The van der Waals surface area contributed by atoms with Gasteiger partial charge in [0.25, 0.3) is 0 Å². The Morgan fingerprint density at radius 2 is 2.29 bits per heavy atom. The quantitative estimate of drug-likeness (QED) is 0.893. The van der Waals surface area contributed by atoms with Crippen molar-refractivity contribution in [2.24, 2.45) is 5.73 Å². The number of carbonyl (C=O) groups is 1. The lowest BCUT2D eigenvalue weighted by Gasteiger charge is -2.09. The molecule has 14 heavy (non-hydrogen) atoms. The Kier molecular flexibility index (Phi) is 3.92. The molecule has 3 N–H and O–H groups in total. The highest BCUT2D eigenvalue weighted by Gasteiger charge is 2.11. The van der Waals surface area contributed by atoms with Crippen LogP contribution in [0.15, 0.2) is 22.7 Å². The molecule has 0 radical (unpaired) electrons. The first-order valence-corrected chi connectivity index (χ1v) is 5.10. The summed E-state index contributed by atoms with van der Waals surface area (Å²) in [4.78, 5) is 10.4. The Morgan fingerprint density at radius 1 is 1.64 bits per heavy atom. The second-order valence-electron chi connectivity index (χ2n) is 2.88. The van der Waals surface area contributed by atoms with E-state index in [9.17, 15) is 4.79 Å². The number of hydrogen-bond acceptors (Lipinski definition) is 2. The number of carboxylic acid groups (broad SMARTS) is 1. The van der Waals surface area contributed by atoms with Crippen LogP contribution in [-0.2, 0) is 4.79 Å². The second-order valence-corrected chi connectivity index (χ2v) is 4.14. The minimum Gasteiger partial charge on any atom is -0.481 e. The van der Waals surface area contributed by atoms with Crippen molar-refractivity contribution in [2.45, 2.75) is 12.5 Å². The molecule has 0 aromatic heterocycles. The summed E-state index contributed by atoms with van der Waals surface area (Å²) in [5, 5.41) is 9.13. The van der Waals surface area contributed by atoms with Crippen molar-refractivity contribution in [3.05, 3.63) is 33.3 Å². The summed E-state index contributed by atoms with van der Waals surface area (Å²) in [6.07, 6.45) is -0.0892. The molecule has 5 heteroatoms. The van der Waals surface area contributed by atoms with Gasteiger partial charge >= 0.3 is 5.97 Å². The number of nitrogens with two attached hydrogens (primary N) is 1. The van der Waals surface area contributed by atoms with Crippen LogP contribution >= 0.6 is 27.5 Å². The summed E-state index contributed by atoms with van der Waals surface area (Å²) in [5.41, 5.74) is 6.42. The van der Waals surface area contributed by atoms with E-state index >= 15 is 0 Å². The van der Waals surface area contributed by atoms with E-state index < -0.39 is 12.0 Å². The zero-order valence-electron chi connectivity index (χ0n) is 7.21. The van der Waals surface area contributed by atoms with Crippen LogP contribution in [0.4, 0.5) is 0 Å². The zero-order valence-corrected chi connectivity index (χ0v) is 9.55. The van der Waals surface area contributed by atoms with Gasteiger partial charge in [0.15, 0.2) is 0 Å². The van der Waals surface area contributed by atoms with Crippen molar-refractivity contribution in [2.75, 3.05) is 0 Å². The molecule has 1 aromatic carbocycles. The standard InChI is InChI=1S/C9H9BrClNO2/c10-6-3-5(1-2-7(6)11)8(12)4-9(13)14/h1-3,8H,4,12H2,(H,13,14)/t8-/m0/s1. The minimum atomic E-state index is -0.913. The van der Waals surface area contributed by atoms with Crippen LogP contribution in [0.25, 0.3) is 0 Å². The Bertz CT molecular complexity index is 357. The van der Waals surface area contributed by atoms with Gasteiger partial charge in [0.1, 0.15) is 0 Å². The number of carboxylic acids is 1. The van der Waals surface area contributed by atoms with Gasteiger partial charge in [-0.2, -0.15) is 0 Å². The zero-order chi connectivity index (χ0) is 10.7. The van der Waals surface area contributed by atoms with Crippen LogP contribution < -0.4 is 5.73 Å². The molecule has 0 bridgehead atoms. The summed E-state index contributed by atoms with van der Waals surface area (Å²) in [6, 6.07) is 4.64. The average Bonchev–Trinajstić information content (AvgIpc) is 2.08.